The molecule has 0 saturated carbocycles. The van der Waals surface area contributed by atoms with Crippen LogP contribution < -0.4 is 15.5 Å². The van der Waals surface area contributed by atoms with Crippen LogP contribution in [0.2, 0.25) is 0 Å². The molecule has 1 aromatic carbocycles. The van der Waals surface area contributed by atoms with E-state index in [0.29, 0.717) is 24.1 Å². The standard InChI is InChI=1S/C20H24FN5O.2ClH/c1-25-8-10-26(11-9-25)18-12-14(4-7-23-18)20(27)24-17-3-2-15-13-22-6-5-16(15)19(17)21;;/h2-4,7,12,22H,5-6,8-11,13H2,1H3,(H,24,27);2*1H. The van der Waals surface area contributed by atoms with Crippen LogP contribution in [0.25, 0.3) is 0 Å². The number of aromatic nitrogens is 1. The fourth-order valence-corrected chi connectivity index (χ4v) is 3.59. The van der Waals surface area contributed by atoms with Crippen LogP contribution >= 0.6 is 24.8 Å². The molecule has 6 nitrogen and oxygen atoms in total. The monoisotopic (exact) mass is 441 g/mol. The van der Waals surface area contributed by atoms with Gasteiger partial charge in [-0.25, -0.2) is 9.37 Å². The molecule has 2 aliphatic rings. The Hall–Kier alpha value is -1.93. The minimum absolute atomic E-state index is 0. The van der Waals surface area contributed by atoms with Crippen LogP contribution in [0.1, 0.15) is 21.5 Å². The normalized spacial score (nSPS) is 16.3. The van der Waals surface area contributed by atoms with Crippen molar-refractivity contribution >= 4 is 42.2 Å². The molecule has 2 N–H and O–H groups in total. The zero-order valence-corrected chi connectivity index (χ0v) is 17.9. The summed E-state index contributed by atoms with van der Waals surface area (Å²) in [5.41, 5.74) is 2.37. The van der Waals surface area contributed by atoms with Crippen molar-refractivity contribution in [3.63, 3.8) is 0 Å². The lowest BCUT2D eigenvalue weighted by Crippen LogP contribution is -2.44. The van der Waals surface area contributed by atoms with Crippen LogP contribution in [-0.4, -0.2) is 55.6 Å². The molecule has 0 bridgehead atoms. The highest BCUT2D eigenvalue weighted by Crippen LogP contribution is 2.25. The Balaban J connectivity index is 0.00000150. The maximum Gasteiger partial charge on any atom is 0.255 e. The predicted octanol–water partition coefficient (Wildman–Crippen LogP) is 2.71. The molecule has 2 aliphatic heterocycles. The van der Waals surface area contributed by atoms with Crippen molar-refractivity contribution in [2.45, 2.75) is 13.0 Å². The van der Waals surface area contributed by atoms with E-state index in [-0.39, 0.29) is 42.2 Å². The van der Waals surface area contributed by atoms with Gasteiger partial charge in [0, 0.05) is 44.5 Å². The average molecular weight is 442 g/mol. The second-order valence-electron chi connectivity index (χ2n) is 7.14. The van der Waals surface area contributed by atoms with Crippen molar-refractivity contribution in [2.24, 2.45) is 0 Å². The SMILES string of the molecule is CN1CCN(c2cc(C(=O)Nc3ccc4c(c3F)CCNC4)ccn2)CC1.Cl.Cl. The number of amides is 1. The van der Waals surface area contributed by atoms with E-state index in [1.165, 1.54) is 0 Å². The summed E-state index contributed by atoms with van der Waals surface area (Å²) in [6, 6.07) is 6.96. The van der Waals surface area contributed by atoms with Gasteiger partial charge in [-0.05, 0) is 49.3 Å². The summed E-state index contributed by atoms with van der Waals surface area (Å²) in [6.07, 6.45) is 2.27. The molecule has 0 spiro atoms. The molecule has 0 unspecified atom stereocenters. The Bertz CT molecular complexity index is 859. The fraction of sp³-hybridized carbons (Fsp3) is 0.400. The lowest BCUT2D eigenvalue weighted by Gasteiger charge is -2.33. The van der Waals surface area contributed by atoms with E-state index >= 15 is 0 Å². The Morgan fingerprint density at radius 3 is 2.69 bits per heavy atom. The molecule has 29 heavy (non-hydrogen) atoms. The number of hydrogen-bond donors (Lipinski definition) is 2. The number of nitrogens with one attached hydrogen (secondary N) is 2. The summed E-state index contributed by atoms with van der Waals surface area (Å²) in [7, 11) is 2.10. The van der Waals surface area contributed by atoms with E-state index < -0.39 is 0 Å². The van der Waals surface area contributed by atoms with Gasteiger partial charge in [0.05, 0.1) is 5.69 Å². The van der Waals surface area contributed by atoms with E-state index in [1.54, 1.807) is 24.4 Å². The molecule has 0 atom stereocenters. The number of carbonyl (C=O) groups is 1. The molecule has 1 amide bonds. The maximum absolute atomic E-state index is 14.8. The number of hydrogen-bond acceptors (Lipinski definition) is 5. The third kappa shape index (κ3) is 5.17. The fourth-order valence-electron chi connectivity index (χ4n) is 3.59. The quantitative estimate of drug-likeness (QED) is 0.766. The number of anilines is 2. The molecule has 4 rings (SSSR count). The highest BCUT2D eigenvalue weighted by molar-refractivity contribution is 6.04. The Labute approximate surface area is 182 Å². The molecule has 3 heterocycles. The number of nitrogens with zero attached hydrogens (tertiary/aromatic N) is 3. The molecule has 0 radical (unpaired) electrons. The smallest absolute Gasteiger partial charge is 0.255 e. The number of likely N-dealkylation sites (N-methyl/N-ethyl adjacent to an activating group) is 1. The lowest BCUT2D eigenvalue weighted by atomic mass is 9.99. The minimum atomic E-state index is -0.323. The number of rotatable bonds is 3. The van der Waals surface area contributed by atoms with Gasteiger partial charge in [0.1, 0.15) is 11.6 Å². The maximum atomic E-state index is 14.8. The van der Waals surface area contributed by atoms with Gasteiger partial charge < -0.3 is 20.4 Å². The van der Waals surface area contributed by atoms with Crippen molar-refractivity contribution in [1.82, 2.24) is 15.2 Å². The van der Waals surface area contributed by atoms with Crippen molar-refractivity contribution < 1.29 is 9.18 Å². The summed E-state index contributed by atoms with van der Waals surface area (Å²) in [6.45, 7) is 5.10. The first kappa shape index (κ1) is 23.3. The molecular formula is C20H26Cl2FN5O. The van der Waals surface area contributed by atoms with Gasteiger partial charge in [0.25, 0.3) is 5.91 Å². The Morgan fingerprint density at radius 1 is 1.17 bits per heavy atom. The molecule has 1 aromatic heterocycles. The van der Waals surface area contributed by atoms with Crippen LogP contribution in [0.5, 0.6) is 0 Å². The number of pyridine rings is 1. The van der Waals surface area contributed by atoms with E-state index in [0.717, 1.165) is 44.1 Å². The molecule has 0 aliphatic carbocycles. The van der Waals surface area contributed by atoms with Gasteiger partial charge in [0.15, 0.2) is 0 Å². The third-order valence-electron chi connectivity index (χ3n) is 5.29. The largest absolute Gasteiger partial charge is 0.354 e. The Morgan fingerprint density at radius 2 is 1.93 bits per heavy atom. The first-order valence-electron chi connectivity index (χ1n) is 9.33. The van der Waals surface area contributed by atoms with Crippen LogP contribution in [0, 0.1) is 5.82 Å². The van der Waals surface area contributed by atoms with E-state index in [9.17, 15) is 9.18 Å². The van der Waals surface area contributed by atoms with Crippen LogP contribution in [0.15, 0.2) is 30.5 Å². The van der Waals surface area contributed by atoms with E-state index in [4.69, 9.17) is 0 Å². The van der Waals surface area contributed by atoms with Gasteiger partial charge in [-0.3, -0.25) is 4.79 Å². The summed E-state index contributed by atoms with van der Waals surface area (Å²) >= 11 is 0. The van der Waals surface area contributed by atoms with Crippen molar-refractivity contribution in [2.75, 3.05) is 50.0 Å². The minimum Gasteiger partial charge on any atom is -0.354 e. The average Bonchev–Trinajstić information content (AvgIpc) is 2.71. The summed E-state index contributed by atoms with van der Waals surface area (Å²) in [5.74, 6) is 0.143. The first-order chi connectivity index (χ1) is 13.1. The predicted molar refractivity (Wildman–Crippen MR) is 118 cm³/mol. The van der Waals surface area contributed by atoms with Crippen molar-refractivity contribution in [3.8, 4) is 0 Å². The number of carbonyl (C=O) groups excluding carboxylic acids is 1. The zero-order valence-electron chi connectivity index (χ0n) is 16.3. The van der Waals surface area contributed by atoms with Crippen molar-refractivity contribution in [1.29, 1.82) is 0 Å². The lowest BCUT2D eigenvalue weighted by molar-refractivity contribution is 0.102. The van der Waals surface area contributed by atoms with Crippen LogP contribution in [0.4, 0.5) is 15.9 Å². The van der Waals surface area contributed by atoms with Gasteiger partial charge in [-0.2, -0.15) is 0 Å². The topological polar surface area (TPSA) is 60.5 Å². The molecule has 1 fully saturated rings. The van der Waals surface area contributed by atoms with E-state index in [1.807, 2.05) is 6.07 Å². The first-order valence-corrected chi connectivity index (χ1v) is 9.33. The molecular weight excluding hydrogens is 416 g/mol. The van der Waals surface area contributed by atoms with Crippen LogP contribution in [0.3, 0.4) is 0 Å². The second kappa shape index (κ2) is 10.2. The van der Waals surface area contributed by atoms with Gasteiger partial charge >= 0.3 is 0 Å². The number of benzene rings is 1. The highest BCUT2D eigenvalue weighted by atomic mass is 35.5. The van der Waals surface area contributed by atoms with Gasteiger partial charge in [-0.1, -0.05) is 6.07 Å². The number of fused-ring (bicyclic) bond motifs is 1. The van der Waals surface area contributed by atoms with Gasteiger partial charge in [-0.15, -0.1) is 24.8 Å². The number of piperazine rings is 1. The molecule has 9 heteroatoms. The van der Waals surface area contributed by atoms with Crippen molar-refractivity contribution in [3.05, 3.63) is 53.0 Å². The number of halogens is 3. The third-order valence-corrected chi connectivity index (χ3v) is 5.29. The summed E-state index contributed by atoms with van der Waals surface area (Å²) < 4.78 is 14.8. The van der Waals surface area contributed by atoms with Gasteiger partial charge in [0.2, 0.25) is 0 Å². The molecule has 1 saturated heterocycles. The molecule has 2 aromatic rings. The highest BCUT2D eigenvalue weighted by Gasteiger charge is 2.19. The second-order valence-corrected chi connectivity index (χ2v) is 7.14. The van der Waals surface area contributed by atoms with E-state index in [2.05, 4.69) is 32.5 Å². The Kier molecular flexibility index (Phi) is 8.22. The summed E-state index contributed by atoms with van der Waals surface area (Å²) in [5, 5.41) is 5.95. The zero-order chi connectivity index (χ0) is 18.8. The summed E-state index contributed by atoms with van der Waals surface area (Å²) in [4.78, 5) is 21.5. The molecule has 158 valence electrons. The van der Waals surface area contributed by atoms with Crippen LogP contribution in [-0.2, 0) is 13.0 Å².